The molecule has 2 unspecified atom stereocenters. The molecule has 1 fully saturated rings. The van der Waals surface area contributed by atoms with Crippen molar-refractivity contribution in [2.45, 2.75) is 34.8 Å². The van der Waals surface area contributed by atoms with Gasteiger partial charge in [-0.1, -0.05) is 29.2 Å². The summed E-state index contributed by atoms with van der Waals surface area (Å²) >= 11 is 5.62. The molecule has 3 atom stereocenters. The fourth-order valence-electron chi connectivity index (χ4n) is 3.36. The predicted molar refractivity (Wildman–Crippen MR) is 124 cm³/mol. The zero-order valence-corrected chi connectivity index (χ0v) is 19.9. The molecular formula is C18H20N6O4S4. The second-order valence-corrected chi connectivity index (χ2v) is 11.4. The van der Waals surface area contributed by atoms with Gasteiger partial charge in [-0.05, 0) is 17.0 Å². The maximum absolute atomic E-state index is 12.8. The SMILES string of the molecule is NCc1nnc(SCC2=C(C(=O)O)N3C(=O)C(NC(=O)CC(N)c4cccs4)[C@@H]3SC2)s1. The summed E-state index contributed by atoms with van der Waals surface area (Å²) in [7, 11) is 0. The monoisotopic (exact) mass is 512 g/mol. The molecule has 1 saturated heterocycles. The Labute approximate surface area is 199 Å². The molecular weight excluding hydrogens is 493 g/mol. The number of nitrogens with zero attached hydrogens (tertiary/aromatic N) is 3. The Kier molecular flexibility index (Phi) is 7.17. The first-order valence-electron chi connectivity index (χ1n) is 9.52. The fraction of sp³-hybridized carbons (Fsp3) is 0.389. The Morgan fingerprint density at radius 3 is 2.88 bits per heavy atom. The summed E-state index contributed by atoms with van der Waals surface area (Å²) in [5.41, 5.74) is 12.2. The van der Waals surface area contributed by atoms with Crippen LogP contribution < -0.4 is 16.8 Å². The van der Waals surface area contributed by atoms with Crippen LogP contribution in [-0.4, -0.2) is 60.9 Å². The number of carboxylic acid groups (broad SMARTS) is 1. The summed E-state index contributed by atoms with van der Waals surface area (Å²) < 4.78 is 0.692. The zero-order valence-electron chi connectivity index (χ0n) is 16.6. The summed E-state index contributed by atoms with van der Waals surface area (Å²) in [6.45, 7) is 0.298. The van der Waals surface area contributed by atoms with Crippen LogP contribution in [0, 0.1) is 0 Å². The third-order valence-corrected chi connectivity index (χ3v) is 9.38. The van der Waals surface area contributed by atoms with E-state index in [4.69, 9.17) is 11.5 Å². The minimum atomic E-state index is -1.16. The van der Waals surface area contributed by atoms with E-state index < -0.39 is 29.3 Å². The molecule has 2 aliphatic rings. The first-order chi connectivity index (χ1) is 15.4. The van der Waals surface area contributed by atoms with E-state index in [1.807, 2.05) is 17.5 Å². The van der Waals surface area contributed by atoms with Crippen molar-refractivity contribution in [2.75, 3.05) is 11.5 Å². The molecule has 170 valence electrons. The van der Waals surface area contributed by atoms with Crippen molar-refractivity contribution in [1.29, 1.82) is 0 Å². The predicted octanol–water partition coefficient (Wildman–Crippen LogP) is 0.979. The van der Waals surface area contributed by atoms with Crippen LogP contribution >= 0.6 is 46.2 Å². The molecule has 4 rings (SSSR count). The number of carbonyl (C=O) groups is 3. The molecule has 32 heavy (non-hydrogen) atoms. The van der Waals surface area contributed by atoms with E-state index in [2.05, 4.69) is 15.5 Å². The standard InChI is InChI=1S/C18H20N6O4S4/c19-5-12-22-23-18(32-12)31-7-8-6-30-16-13(15(26)24(16)14(8)17(27)28)21-11(25)4-9(20)10-2-1-3-29-10/h1-3,9,13,16H,4-7,19-20H2,(H,21,25)(H,27,28)/t9?,13?,16-/m0/s1. The molecule has 4 heterocycles. The van der Waals surface area contributed by atoms with Crippen LogP contribution in [0.1, 0.15) is 22.3 Å². The van der Waals surface area contributed by atoms with Gasteiger partial charge in [0.1, 0.15) is 22.1 Å². The Bertz CT molecular complexity index is 1060. The van der Waals surface area contributed by atoms with Crippen molar-refractivity contribution in [2.24, 2.45) is 11.5 Å². The minimum absolute atomic E-state index is 0.0180. The number of hydrogen-bond donors (Lipinski definition) is 4. The van der Waals surface area contributed by atoms with Gasteiger partial charge in [0, 0.05) is 35.4 Å². The van der Waals surface area contributed by atoms with E-state index in [9.17, 15) is 19.5 Å². The molecule has 10 nitrogen and oxygen atoms in total. The maximum Gasteiger partial charge on any atom is 0.352 e. The number of fused-ring (bicyclic) bond motifs is 1. The van der Waals surface area contributed by atoms with E-state index >= 15 is 0 Å². The lowest BCUT2D eigenvalue weighted by Gasteiger charge is -2.49. The fourth-order valence-corrected chi connectivity index (χ4v) is 7.35. The molecule has 2 aromatic rings. The van der Waals surface area contributed by atoms with Crippen LogP contribution in [0.2, 0.25) is 0 Å². The normalized spacial score (nSPS) is 21.2. The number of thiophene rings is 1. The minimum Gasteiger partial charge on any atom is -0.477 e. The van der Waals surface area contributed by atoms with E-state index in [0.29, 0.717) is 33.0 Å². The first-order valence-corrected chi connectivity index (χ1v) is 13.3. The molecule has 2 amide bonds. The molecule has 0 aromatic carbocycles. The van der Waals surface area contributed by atoms with Crippen LogP contribution in [0.5, 0.6) is 0 Å². The highest BCUT2D eigenvalue weighted by atomic mass is 32.2. The summed E-state index contributed by atoms with van der Waals surface area (Å²) in [6, 6.07) is 2.51. The Hall–Kier alpha value is -1.97. The number of nitrogens with one attached hydrogen (secondary N) is 1. The zero-order chi connectivity index (χ0) is 22.8. The molecule has 14 heteroatoms. The van der Waals surface area contributed by atoms with Crippen LogP contribution in [0.4, 0.5) is 0 Å². The van der Waals surface area contributed by atoms with Gasteiger partial charge in [0.05, 0.1) is 0 Å². The van der Waals surface area contributed by atoms with Crippen LogP contribution in [0.3, 0.4) is 0 Å². The van der Waals surface area contributed by atoms with Crippen molar-refractivity contribution in [3.63, 3.8) is 0 Å². The topological polar surface area (TPSA) is 165 Å². The largest absolute Gasteiger partial charge is 0.477 e. The van der Waals surface area contributed by atoms with Crippen LogP contribution in [0.25, 0.3) is 0 Å². The Balaban J connectivity index is 1.40. The lowest BCUT2D eigenvalue weighted by Crippen LogP contribution is -2.70. The number of carbonyl (C=O) groups excluding carboxylic acids is 2. The highest BCUT2D eigenvalue weighted by molar-refractivity contribution is 8.01. The molecule has 0 radical (unpaired) electrons. The average molecular weight is 513 g/mol. The number of nitrogens with two attached hydrogens (primary N) is 2. The Morgan fingerprint density at radius 2 is 2.22 bits per heavy atom. The number of rotatable bonds is 9. The number of amides is 2. The van der Waals surface area contributed by atoms with Gasteiger partial charge < -0.3 is 21.9 Å². The highest BCUT2D eigenvalue weighted by Gasteiger charge is 2.54. The quantitative estimate of drug-likeness (QED) is 0.281. The lowest BCUT2D eigenvalue weighted by molar-refractivity contribution is -0.150. The molecule has 0 bridgehead atoms. The second kappa shape index (κ2) is 9.89. The van der Waals surface area contributed by atoms with E-state index in [1.54, 1.807) is 0 Å². The number of aromatic nitrogens is 2. The number of aliphatic carboxylic acids is 1. The second-order valence-electron chi connectivity index (χ2n) is 6.99. The summed E-state index contributed by atoms with van der Waals surface area (Å²) in [5.74, 6) is -1.12. The van der Waals surface area contributed by atoms with Crippen LogP contribution in [-0.2, 0) is 20.9 Å². The third-order valence-electron chi connectivity index (χ3n) is 4.87. The van der Waals surface area contributed by atoms with E-state index in [1.165, 1.54) is 51.1 Å². The van der Waals surface area contributed by atoms with Crippen molar-refractivity contribution < 1.29 is 19.5 Å². The first kappa shape index (κ1) is 23.2. The van der Waals surface area contributed by atoms with Gasteiger partial charge in [0.25, 0.3) is 5.91 Å². The van der Waals surface area contributed by atoms with Crippen molar-refractivity contribution >= 4 is 64.0 Å². The van der Waals surface area contributed by atoms with Crippen LogP contribution in [0.15, 0.2) is 33.1 Å². The molecule has 0 saturated carbocycles. The van der Waals surface area contributed by atoms with Crippen molar-refractivity contribution in [3.8, 4) is 0 Å². The molecule has 6 N–H and O–H groups in total. The summed E-state index contributed by atoms with van der Waals surface area (Å²) in [6.07, 6.45) is 0.0534. The molecule has 0 spiro atoms. The highest BCUT2D eigenvalue weighted by Crippen LogP contribution is 2.41. The summed E-state index contributed by atoms with van der Waals surface area (Å²) in [5, 5.41) is 22.6. The van der Waals surface area contributed by atoms with Crippen molar-refractivity contribution in [3.05, 3.63) is 38.7 Å². The maximum atomic E-state index is 12.8. The van der Waals surface area contributed by atoms with Gasteiger partial charge in [-0.25, -0.2) is 4.79 Å². The van der Waals surface area contributed by atoms with E-state index in [-0.39, 0.29) is 18.0 Å². The van der Waals surface area contributed by atoms with Gasteiger partial charge in [-0.2, -0.15) is 0 Å². The molecule has 2 aromatic heterocycles. The van der Waals surface area contributed by atoms with Gasteiger partial charge in [0.2, 0.25) is 5.91 Å². The van der Waals surface area contributed by atoms with Crippen molar-refractivity contribution in [1.82, 2.24) is 20.4 Å². The number of β-lactam (4-membered cyclic amide) rings is 1. The molecule has 0 aliphatic carbocycles. The summed E-state index contributed by atoms with van der Waals surface area (Å²) in [4.78, 5) is 39.3. The van der Waals surface area contributed by atoms with Gasteiger partial charge in [0.15, 0.2) is 4.34 Å². The lowest BCUT2D eigenvalue weighted by atomic mass is 10.0. The van der Waals surface area contributed by atoms with E-state index in [0.717, 1.165) is 4.88 Å². The number of carboxylic acids is 1. The Morgan fingerprint density at radius 1 is 1.41 bits per heavy atom. The number of hydrogen-bond acceptors (Lipinski definition) is 11. The smallest absolute Gasteiger partial charge is 0.352 e. The molecule has 2 aliphatic heterocycles. The average Bonchev–Trinajstić information content (AvgIpc) is 3.47. The number of thioether (sulfide) groups is 2. The van der Waals surface area contributed by atoms with Gasteiger partial charge >= 0.3 is 5.97 Å². The van der Waals surface area contributed by atoms with Gasteiger partial charge in [-0.3, -0.25) is 14.5 Å². The third kappa shape index (κ3) is 4.70. The van der Waals surface area contributed by atoms with Gasteiger partial charge in [-0.15, -0.1) is 33.3 Å².